The first kappa shape index (κ1) is 15.4. The molecular weight excluding hydrogens is 294 g/mol. The first-order valence-electron chi connectivity index (χ1n) is 7.79. The lowest BCUT2D eigenvalue weighted by Gasteiger charge is -2.37. The quantitative estimate of drug-likeness (QED) is 0.630. The fourth-order valence-electron chi connectivity index (χ4n) is 3.32. The molecule has 3 rings (SSSR count). The molecule has 0 radical (unpaired) electrons. The van der Waals surface area contributed by atoms with Crippen molar-refractivity contribution < 1.29 is 9.59 Å². The van der Waals surface area contributed by atoms with Crippen molar-refractivity contribution in [2.75, 3.05) is 11.6 Å². The molecule has 1 atom stereocenters. The van der Waals surface area contributed by atoms with E-state index < -0.39 is 11.8 Å². The van der Waals surface area contributed by atoms with E-state index in [0.29, 0.717) is 36.0 Å². The van der Waals surface area contributed by atoms with Crippen LogP contribution in [0.25, 0.3) is 10.9 Å². The number of piperidine rings is 1. The van der Waals surface area contributed by atoms with Crippen LogP contribution in [0, 0.1) is 13.8 Å². The molecule has 0 amide bonds. The molecular formula is C17H19N3O3. The van der Waals surface area contributed by atoms with E-state index in [1.165, 1.54) is 4.68 Å². The van der Waals surface area contributed by atoms with E-state index in [4.69, 9.17) is 0 Å². The number of nitrogens with zero attached hydrogens (tertiary/aromatic N) is 3. The molecule has 0 bridgehead atoms. The molecule has 1 unspecified atom stereocenters. The highest BCUT2D eigenvalue weighted by Crippen LogP contribution is 2.18. The number of aromatic nitrogens is 2. The Morgan fingerprint density at radius 2 is 2.09 bits per heavy atom. The highest BCUT2D eigenvalue weighted by molar-refractivity contribution is 6.28. The van der Waals surface area contributed by atoms with Gasteiger partial charge in [-0.3, -0.25) is 19.4 Å². The zero-order chi connectivity index (χ0) is 16.6. The lowest BCUT2D eigenvalue weighted by molar-refractivity contribution is -0.131. The summed E-state index contributed by atoms with van der Waals surface area (Å²) in [6.07, 6.45) is 2.67. The van der Waals surface area contributed by atoms with E-state index in [2.05, 4.69) is 4.98 Å². The van der Waals surface area contributed by atoms with Gasteiger partial charge in [-0.05, 0) is 44.7 Å². The number of fused-ring (bicyclic) bond motifs is 1. The summed E-state index contributed by atoms with van der Waals surface area (Å²) >= 11 is 0. The van der Waals surface area contributed by atoms with Crippen LogP contribution in [0.3, 0.4) is 0 Å². The molecule has 1 aromatic heterocycles. The van der Waals surface area contributed by atoms with Crippen LogP contribution in [0.15, 0.2) is 23.0 Å². The van der Waals surface area contributed by atoms with Crippen LogP contribution in [0.4, 0.5) is 0 Å². The lowest BCUT2D eigenvalue weighted by Crippen LogP contribution is -2.55. The monoisotopic (exact) mass is 313 g/mol. The summed E-state index contributed by atoms with van der Waals surface area (Å²) in [6.45, 7) is 4.18. The van der Waals surface area contributed by atoms with Gasteiger partial charge in [0.1, 0.15) is 11.9 Å². The van der Waals surface area contributed by atoms with E-state index >= 15 is 0 Å². The summed E-state index contributed by atoms with van der Waals surface area (Å²) < 4.78 is 1.47. The minimum Gasteiger partial charge on any atom is -0.297 e. The SMILES string of the molecule is Cc1cccc2nc(C)n(N3CCCCC3C(=O)C=O)c(=O)c12. The van der Waals surface area contributed by atoms with E-state index in [1.807, 2.05) is 25.1 Å². The molecule has 1 aromatic carbocycles. The fourth-order valence-corrected chi connectivity index (χ4v) is 3.32. The molecule has 1 aliphatic heterocycles. The molecule has 1 saturated heterocycles. The second-order valence-corrected chi connectivity index (χ2v) is 5.94. The van der Waals surface area contributed by atoms with Crippen LogP contribution in [-0.4, -0.2) is 34.3 Å². The van der Waals surface area contributed by atoms with Crippen molar-refractivity contribution in [3.8, 4) is 0 Å². The number of carbonyl (C=O) groups excluding carboxylic acids is 2. The van der Waals surface area contributed by atoms with Gasteiger partial charge in [0.05, 0.1) is 10.9 Å². The second-order valence-electron chi connectivity index (χ2n) is 5.94. The van der Waals surface area contributed by atoms with Crippen LogP contribution in [0.2, 0.25) is 0 Å². The smallest absolute Gasteiger partial charge is 0.280 e. The maximum atomic E-state index is 13.0. The third kappa shape index (κ3) is 2.54. The Kier molecular flexibility index (Phi) is 3.98. The summed E-state index contributed by atoms with van der Waals surface area (Å²) in [5, 5.41) is 2.26. The Morgan fingerprint density at radius 3 is 2.83 bits per heavy atom. The number of benzene rings is 1. The minimum absolute atomic E-state index is 0.184. The molecule has 2 aromatic rings. The van der Waals surface area contributed by atoms with Gasteiger partial charge in [-0.15, -0.1) is 0 Å². The molecule has 2 heterocycles. The molecule has 1 fully saturated rings. The molecule has 0 N–H and O–H groups in total. The average Bonchev–Trinajstić information content (AvgIpc) is 2.54. The zero-order valence-electron chi connectivity index (χ0n) is 13.3. The van der Waals surface area contributed by atoms with E-state index in [1.54, 1.807) is 11.9 Å². The van der Waals surface area contributed by atoms with Gasteiger partial charge in [-0.2, -0.15) is 0 Å². The summed E-state index contributed by atoms with van der Waals surface area (Å²) in [4.78, 5) is 40.4. The number of ketones is 1. The van der Waals surface area contributed by atoms with Crippen molar-refractivity contribution in [2.45, 2.75) is 39.2 Å². The Bertz CT molecular complexity index is 841. The van der Waals surface area contributed by atoms with E-state index in [-0.39, 0.29) is 5.56 Å². The molecule has 0 saturated carbocycles. The average molecular weight is 313 g/mol. The van der Waals surface area contributed by atoms with Gasteiger partial charge < -0.3 is 0 Å². The van der Waals surface area contributed by atoms with Crippen LogP contribution >= 0.6 is 0 Å². The molecule has 0 spiro atoms. The van der Waals surface area contributed by atoms with Gasteiger partial charge in [-0.1, -0.05) is 12.1 Å². The molecule has 6 nitrogen and oxygen atoms in total. The van der Waals surface area contributed by atoms with Gasteiger partial charge in [0, 0.05) is 6.54 Å². The number of rotatable bonds is 3. The molecule has 1 aliphatic rings. The number of carbonyl (C=O) groups is 2. The van der Waals surface area contributed by atoms with E-state index in [9.17, 15) is 14.4 Å². The van der Waals surface area contributed by atoms with Crippen molar-refractivity contribution >= 4 is 23.0 Å². The Hall–Kier alpha value is -2.50. The number of hydrogen-bond donors (Lipinski definition) is 0. The van der Waals surface area contributed by atoms with Gasteiger partial charge in [-0.25, -0.2) is 9.66 Å². The van der Waals surface area contributed by atoms with Crippen molar-refractivity contribution in [1.29, 1.82) is 0 Å². The number of aldehydes is 1. The number of Topliss-reactive ketones (excluding diaryl/α,β-unsaturated/α-hetero) is 1. The Balaban J connectivity index is 2.22. The van der Waals surface area contributed by atoms with Crippen molar-refractivity contribution in [3.63, 3.8) is 0 Å². The molecule has 0 aliphatic carbocycles. The zero-order valence-corrected chi connectivity index (χ0v) is 13.3. The van der Waals surface area contributed by atoms with Crippen molar-refractivity contribution in [1.82, 2.24) is 9.66 Å². The fraction of sp³-hybridized carbons (Fsp3) is 0.412. The van der Waals surface area contributed by atoms with Gasteiger partial charge >= 0.3 is 0 Å². The normalized spacial score (nSPS) is 18.2. The Labute approximate surface area is 133 Å². The lowest BCUT2D eigenvalue weighted by atomic mass is 10.0. The standard InChI is InChI=1S/C17H19N3O3/c1-11-6-5-7-13-16(11)17(23)20(12(2)18-13)19-9-4-3-8-14(19)15(22)10-21/h5-7,10,14H,3-4,8-9H2,1-2H3. The Morgan fingerprint density at radius 1 is 1.30 bits per heavy atom. The predicted octanol–water partition coefficient (Wildman–Crippen LogP) is 1.27. The van der Waals surface area contributed by atoms with Gasteiger partial charge in [0.15, 0.2) is 6.29 Å². The maximum absolute atomic E-state index is 13.0. The maximum Gasteiger partial charge on any atom is 0.280 e. The summed E-state index contributed by atoms with van der Waals surface area (Å²) in [5.41, 5.74) is 1.32. The molecule has 23 heavy (non-hydrogen) atoms. The number of aryl methyl sites for hydroxylation is 2. The molecule has 6 heteroatoms. The third-order valence-electron chi connectivity index (χ3n) is 4.42. The van der Waals surface area contributed by atoms with Gasteiger partial charge in [0.25, 0.3) is 5.56 Å². The van der Waals surface area contributed by atoms with Crippen LogP contribution in [0.5, 0.6) is 0 Å². The van der Waals surface area contributed by atoms with Crippen LogP contribution in [-0.2, 0) is 9.59 Å². The highest BCUT2D eigenvalue weighted by atomic mass is 16.2. The first-order valence-corrected chi connectivity index (χ1v) is 7.79. The van der Waals surface area contributed by atoms with E-state index in [0.717, 1.165) is 18.4 Å². The minimum atomic E-state index is -0.582. The topological polar surface area (TPSA) is 72.3 Å². The largest absolute Gasteiger partial charge is 0.297 e. The summed E-state index contributed by atoms with van der Waals surface area (Å²) in [5.74, 6) is 0.0413. The third-order valence-corrected chi connectivity index (χ3v) is 4.42. The number of hydrogen-bond acceptors (Lipinski definition) is 5. The van der Waals surface area contributed by atoms with Crippen LogP contribution < -0.4 is 10.6 Å². The van der Waals surface area contributed by atoms with Crippen LogP contribution in [0.1, 0.15) is 30.7 Å². The summed E-state index contributed by atoms with van der Waals surface area (Å²) in [7, 11) is 0. The second kappa shape index (κ2) is 5.95. The predicted molar refractivity (Wildman–Crippen MR) is 87.3 cm³/mol. The molecule has 120 valence electrons. The first-order chi connectivity index (χ1) is 11.0. The van der Waals surface area contributed by atoms with Crippen molar-refractivity contribution in [3.05, 3.63) is 39.9 Å². The highest BCUT2D eigenvalue weighted by Gasteiger charge is 2.30. The van der Waals surface area contributed by atoms with Crippen molar-refractivity contribution in [2.24, 2.45) is 0 Å². The van der Waals surface area contributed by atoms with Gasteiger partial charge in [0.2, 0.25) is 5.78 Å². The summed E-state index contributed by atoms with van der Waals surface area (Å²) in [6, 6.07) is 4.97.